The minimum absolute atomic E-state index is 0.0541. The van der Waals surface area contributed by atoms with Crippen LogP contribution in [0.1, 0.15) is 31.2 Å². The molecule has 1 saturated heterocycles. The third kappa shape index (κ3) is 4.17. The lowest BCUT2D eigenvalue weighted by Crippen LogP contribution is -2.45. The number of carbonyl (C=O) groups is 1. The number of halogens is 2. The van der Waals surface area contributed by atoms with E-state index in [0.29, 0.717) is 19.4 Å². The van der Waals surface area contributed by atoms with Crippen molar-refractivity contribution >= 4 is 6.09 Å². The van der Waals surface area contributed by atoms with Gasteiger partial charge in [0.05, 0.1) is 5.60 Å². The summed E-state index contributed by atoms with van der Waals surface area (Å²) in [5.74, 6) is -2.28. The number of hydrogen-bond acceptors (Lipinski definition) is 3. The molecule has 1 heterocycles. The fourth-order valence-corrected chi connectivity index (χ4v) is 3.21. The summed E-state index contributed by atoms with van der Waals surface area (Å²) in [6.07, 6.45) is 0.878. The Morgan fingerprint density at radius 3 is 2.87 bits per heavy atom. The van der Waals surface area contributed by atoms with Gasteiger partial charge in [0.2, 0.25) is 0 Å². The third-order valence-electron chi connectivity index (χ3n) is 4.40. The van der Waals surface area contributed by atoms with Crippen molar-refractivity contribution < 1.29 is 23.8 Å². The molecule has 0 aliphatic carbocycles. The summed E-state index contributed by atoms with van der Waals surface area (Å²) in [6.45, 7) is 1.49. The van der Waals surface area contributed by atoms with E-state index in [1.54, 1.807) is 0 Å². The van der Waals surface area contributed by atoms with Gasteiger partial charge in [-0.1, -0.05) is 12.1 Å². The Labute approximate surface area is 133 Å². The van der Waals surface area contributed by atoms with Gasteiger partial charge in [-0.15, -0.1) is 0 Å². The van der Waals surface area contributed by atoms with Crippen LogP contribution in [0.3, 0.4) is 0 Å². The fourth-order valence-electron chi connectivity index (χ4n) is 3.21. The van der Waals surface area contributed by atoms with Crippen LogP contribution < -0.4 is 10.6 Å². The highest BCUT2D eigenvalue weighted by Gasteiger charge is 2.40. The summed E-state index contributed by atoms with van der Waals surface area (Å²) < 4.78 is 27.8. The van der Waals surface area contributed by atoms with E-state index in [4.69, 9.17) is 5.11 Å². The molecule has 128 valence electrons. The van der Waals surface area contributed by atoms with Gasteiger partial charge >= 0.3 is 6.09 Å². The third-order valence-corrected chi connectivity index (χ3v) is 4.40. The maximum atomic E-state index is 14.2. The number of rotatable bonds is 6. The molecule has 4 N–H and O–H groups in total. The van der Waals surface area contributed by atoms with Gasteiger partial charge in [0.25, 0.3) is 0 Å². The number of hydrogen-bond donors (Lipinski definition) is 4. The van der Waals surface area contributed by atoms with Crippen LogP contribution in [0.5, 0.6) is 0 Å². The summed E-state index contributed by atoms with van der Waals surface area (Å²) in [5.41, 5.74) is -1.58. The number of piperidine rings is 1. The highest BCUT2D eigenvalue weighted by atomic mass is 19.2. The van der Waals surface area contributed by atoms with Gasteiger partial charge in [0.15, 0.2) is 11.6 Å². The molecule has 0 spiro atoms. The Balaban J connectivity index is 2.22. The first-order valence-electron chi connectivity index (χ1n) is 7.79. The molecule has 23 heavy (non-hydrogen) atoms. The van der Waals surface area contributed by atoms with Gasteiger partial charge < -0.3 is 20.8 Å². The standard InChI is InChI=1S/C16H22F2N2O3/c17-13-6-1-5-12(14(13)18)16(23,7-3-9-20-15(21)22)11-4-2-8-19-10-11/h1,5-6,11,19-20,23H,2-4,7-10H2,(H,21,22). The molecule has 1 amide bonds. The molecule has 2 atom stereocenters. The quantitative estimate of drug-likeness (QED) is 0.604. The molecule has 7 heteroatoms. The van der Waals surface area contributed by atoms with E-state index in [1.165, 1.54) is 12.1 Å². The van der Waals surface area contributed by atoms with Gasteiger partial charge in [-0.2, -0.15) is 0 Å². The van der Waals surface area contributed by atoms with Crippen LogP contribution in [0.4, 0.5) is 13.6 Å². The number of carboxylic acid groups (broad SMARTS) is 1. The highest BCUT2D eigenvalue weighted by molar-refractivity contribution is 5.64. The van der Waals surface area contributed by atoms with Crippen molar-refractivity contribution in [1.29, 1.82) is 0 Å². The lowest BCUT2D eigenvalue weighted by atomic mass is 9.74. The molecule has 0 aromatic heterocycles. The Hall–Kier alpha value is -1.73. The maximum Gasteiger partial charge on any atom is 0.404 e. The molecule has 0 saturated carbocycles. The van der Waals surface area contributed by atoms with Crippen molar-refractivity contribution in [2.24, 2.45) is 5.92 Å². The number of aliphatic hydroxyl groups is 1. The van der Waals surface area contributed by atoms with Crippen molar-refractivity contribution in [3.8, 4) is 0 Å². The van der Waals surface area contributed by atoms with Crippen molar-refractivity contribution in [1.82, 2.24) is 10.6 Å². The second-order valence-corrected chi connectivity index (χ2v) is 5.90. The van der Waals surface area contributed by atoms with Gasteiger partial charge in [-0.05, 0) is 38.3 Å². The smallest absolute Gasteiger partial charge is 0.404 e. The molecule has 1 fully saturated rings. The molecule has 0 radical (unpaired) electrons. The van der Waals surface area contributed by atoms with Crippen molar-refractivity contribution in [3.05, 3.63) is 35.4 Å². The topological polar surface area (TPSA) is 81.6 Å². The molecule has 1 aliphatic heterocycles. The molecule has 1 aromatic carbocycles. The van der Waals surface area contributed by atoms with Gasteiger partial charge in [0.1, 0.15) is 0 Å². The van der Waals surface area contributed by atoms with Crippen molar-refractivity contribution in [2.45, 2.75) is 31.3 Å². The zero-order chi connectivity index (χ0) is 16.9. The molecule has 2 unspecified atom stereocenters. The highest BCUT2D eigenvalue weighted by Crippen LogP contribution is 2.39. The number of benzene rings is 1. The Bertz CT molecular complexity index is 550. The van der Waals surface area contributed by atoms with Gasteiger partial charge in [0, 0.05) is 24.6 Å². The van der Waals surface area contributed by atoms with Crippen LogP contribution in [0.15, 0.2) is 18.2 Å². The molecule has 2 rings (SSSR count). The molecular weight excluding hydrogens is 306 g/mol. The van der Waals surface area contributed by atoms with Crippen LogP contribution in [0.2, 0.25) is 0 Å². The van der Waals surface area contributed by atoms with Crippen molar-refractivity contribution in [2.75, 3.05) is 19.6 Å². The van der Waals surface area contributed by atoms with E-state index >= 15 is 0 Å². The first kappa shape index (κ1) is 17.6. The lowest BCUT2D eigenvalue weighted by Gasteiger charge is -2.39. The molecular formula is C16H22F2N2O3. The van der Waals surface area contributed by atoms with E-state index in [2.05, 4.69) is 10.6 Å². The van der Waals surface area contributed by atoms with Crippen LogP contribution >= 0.6 is 0 Å². The predicted molar refractivity (Wildman–Crippen MR) is 81.1 cm³/mol. The monoisotopic (exact) mass is 328 g/mol. The summed E-state index contributed by atoms with van der Waals surface area (Å²) in [7, 11) is 0. The lowest BCUT2D eigenvalue weighted by molar-refractivity contribution is -0.0451. The van der Waals surface area contributed by atoms with E-state index in [9.17, 15) is 18.7 Å². The minimum Gasteiger partial charge on any atom is -0.465 e. The maximum absolute atomic E-state index is 14.2. The number of amides is 1. The normalized spacial score (nSPS) is 20.7. The second-order valence-electron chi connectivity index (χ2n) is 5.90. The van der Waals surface area contributed by atoms with E-state index in [1.807, 2.05) is 0 Å². The van der Waals surface area contributed by atoms with Crippen LogP contribution in [-0.2, 0) is 5.60 Å². The summed E-state index contributed by atoms with van der Waals surface area (Å²) in [5, 5.41) is 25.1. The fraction of sp³-hybridized carbons (Fsp3) is 0.562. The van der Waals surface area contributed by atoms with Gasteiger partial charge in [-0.3, -0.25) is 0 Å². The van der Waals surface area contributed by atoms with Crippen molar-refractivity contribution in [3.63, 3.8) is 0 Å². The van der Waals surface area contributed by atoms with Crippen LogP contribution in [-0.4, -0.2) is 35.9 Å². The minimum atomic E-state index is -1.53. The molecule has 0 bridgehead atoms. The zero-order valence-electron chi connectivity index (χ0n) is 12.8. The molecule has 1 aromatic rings. The Morgan fingerprint density at radius 1 is 1.43 bits per heavy atom. The van der Waals surface area contributed by atoms with Crippen LogP contribution in [0, 0.1) is 17.6 Å². The average Bonchev–Trinajstić information content (AvgIpc) is 2.54. The first-order valence-corrected chi connectivity index (χ1v) is 7.79. The average molecular weight is 328 g/mol. The molecule has 5 nitrogen and oxygen atoms in total. The van der Waals surface area contributed by atoms with E-state index < -0.39 is 23.3 Å². The second kappa shape index (κ2) is 7.70. The van der Waals surface area contributed by atoms with Crippen LogP contribution in [0.25, 0.3) is 0 Å². The zero-order valence-corrected chi connectivity index (χ0v) is 12.8. The summed E-state index contributed by atoms with van der Waals surface area (Å²) in [6, 6.07) is 3.80. The predicted octanol–water partition coefficient (Wildman–Crippen LogP) is 2.20. The first-order chi connectivity index (χ1) is 10.9. The largest absolute Gasteiger partial charge is 0.465 e. The SMILES string of the molecule is O=C(O)NCCCC(O)(c1cccc(F)c1F)C1CCCNC1. The summed E-state index contributed by atoms with van der Waals surface area (Å²) >= 11 is 0. The van der Waals surface area contributed by atoms with Gasteiger partial charge in [-0.25, -0.2) is 13.6 Å². The Kier molecular flexibility index (Phi) is 5.90. The van der Waals surface area contributed by atoms with E-state index in [-0.39, 0.29) is 24.4 Å². The van der Waals surface area contributed by atoms with E-state index in [0.717, 1.165) is 19.0 Å². The number of nitrogens with one attached hydrogen (secondary N) is 2. The molecule has 1 aliphatic rings. The Morgan fingerprint density at radius 2 is 2.22 bits per heavy atom. The summed E-state index contributed by atoms with van der Waals surface area (Å²) in [4.78, 5) is 10.5.